The molecule has 0 heterocycles. The summed E-state index contributed by atoms with van der Waals surface area (Å²) in [7, 11) is 0. The average molecular weight is 456 g/mol. The normalized spacial score (nSPS) is 10.0. The molecule has 0 bridgehead atoms. The van der Waals surface area contributed by atoms with Crippen LogP contribution in [0.4, 0.5) is 0 Å². The van der Waals surface area contributed by atoms with Crippen molar-refractivity contribution >= 4 is 35.8 Å². The summed E-state index contributed by atoms with van der Waals surface area (Å²) in [5.41, 5.74) is -1.26. The van der Waals surface area contributed by atoms with Crippen molar-refractivity contribution < 1.29 is 57.2 Å². The largest absolute Gasteiger partial charge is 0.462 e. The lowest BCUT2D eigenvalue weighted by Gasteiger charge is -2.27. The highest BCUT2D eigenvalue weighted by Gasteiger charge is 2.31. The van der Waals surface area contributed by atoms with Gasteiger partial charge in [-0.05, 0) is 6.92 Å². The molecule has 32 heavy (non-hydrogen) atoms. The molecule has 0 saturated carbocycles. The molecule has 0 rings (SSSR count). The second-order valence-corrected chi connectivity index (χ2v) is 6.23. The number of ether oxygens (including phenoxy) is 6. The molecule has 176 valence electrons. The standard InChI is InChI=1S/C20H24O12/c1-5-14(21)27-8-17(24)30-11-20(4,12-31-18(25)9-28-15(22)6-2)13-32-19(26)10-29-16(23)7-3/h5-7H,1-3,8-13H2,4H3. The molecule has 0 fully saturated rings. The lowest BCUT2D eigenvalue weighted by molar-refractivity contribution is -0.170. The van der Waals surface area contributed by atoms with Crippen LogP contribution in [0.5, 0.6) is 0 Å². The predicted molar refractivity (Wildman–Crippen MR) is 104 cm³/mol. The van der Waals surface area contributed by atoms with E-state index in [1.807, 2.05) is 0 Å². The van der Waals surface area contributed by atoms with Gasteiger partial charge >= 0.3 is 35.8 Å². The van der Waals surface area contributed by atoms with Crippen LogP contribution >= 0.6 is 0 Å². The van der Waals surface area contributed by atoms with Gasteiger partial charge in [0.25, 0.3) is 0 Å². The minimum Gasteiger partial charge on any atom is -0.462 e. The van der Waals surface area contributed by atoms with Crippen LogP contribution in [0.1, 0.15) is 6.92 Å². The maximum Gasteiger partial charge on any atom is 0.344 e. The summed E-state index contributed by atoms with van der Waals surface area (Å²) in [5.74, 6) is -5.29. The molecule has 12 heteroatoms. The molecular formula is C20H24O12. The first-order chi connectivity index (χ1) is 15.0. The second-order valence-electron chi connectivity index (χ2n) is 6.23. The number of hydrogen-bond acceptors (Lipinski definition) is 12. The van der Waals surface area contributed by atoms with Gasteiger partial charge in [-0.25, -0.2) is 28.8 Å². The van der Waals surface area contributed by atoms with Crippen LogP contribution in [0.25, 0.3) is 0 Å². The van der Waals surface area contributed by atoms with Crippen LogP contribution in [0.3, 0.4) is 0 Å². The summed E-state index contributed by atoms with van der Waals surface area (Å²) in [6.45, 7) is 7.60. The molecule has 0 aromatic carbocycles. The molecular weight excluding hydrogens is 432 g/mol. The van der Waals surface area contributed by atoms with E-state index in [0.29, 0.717) is 0 Å². The van der Waals surface area contributed by atoms with Gasteiger partial charge in [-0.1, -0.05) is 19.7 Å². The van der Waals surface area contributed by atoms with Crippen molar-refractivity contribution in [2.45, 2.75) is 6.92 Å². The molecule has 12 nitrogen and oxygen atoms in total. The lowest BCUT2D eigenvalue weighted by Crippen LogP contribution is -2.38. The van der Waals surface area contributed by atoms with Gasteiger partial charge < -0.3 is 28.4 Å². The molecule has 0 aromatic rings. The van der Waals surface area contributed by atoms with Crippen molar-refractivity contribution in [1.29, 1.82) is 0 Å². The zero-order valence-corrected chi connectivity index (χ0v) is 17.5. The zero-order valence-electron chi connectivity index (χ0n) is 17.5. The van der Waals surface area contributed by atoms with E-state index in [0.717, 1.165) is 18.2 Å². The molecule has 0 radical (unpaired) electrons. The van der Waals surface area contributed by atoms with Crippen molar-refractivity contribution in [1.82, 2.24) is 0 Å². The molecule has 0 saturated heterocycles. The van der Waals surface area contributed by atoms with E-state index in [1.165, 1.54) is 6.92 Å². The van der Waals surface area contributed by atoms with Crippen molar-refractivity contribution in [3.63, 3.8) is 0 Å². The van der Waals surface area contributed by atoms with E-state index in [9.17, 15) is 28.8 Å². The molecule has 0 aromatic heterocycles. The summed E-state index contributed by atoms with van der Waals surface area (Å²) < 4.78 is 28.5. The third-order valence-electron chi connectivity index (χ3n) is 3.24. The highest BCUT2D eigenvalue weighted by Crippen LogP contribution is 2.19. The van der Waals surface area contributed by atoms with Crippen molar-refractivity contribution in [2.24, 2.45) is 5.41 Å². The van der Waals surface area contributed by atoms with Gasteiger partial charge in [0, 0.05) is 18.2 Å². The van der Waals surface area contributed by atoms with E-state index >= 15 is 0 Å². The van der Waals surface area contributed by atoms with Gasteiger partial charge in [0.1, 0.15) is 19.8 Å². The average Bonchev–Trinajstić information content (AvgIpc) is 2.80. The van der Waals surface area contributed by atoms with Crippen molar-refractivity contribution in [2.75, 3.05) is 39.6 Å². The van der Waals surface area contributed by atoms with Crippen LogP contribution in [0, 0.1) is 5.41 Å². The Morgan fingerprint density at radius 2 is 0.812 bits per heavy atom. The second kappa shape index (κ2) is 14.9. The molecule has 0 N–H and O–H groups in total. The number of rotatable bonds is 15. The van der Waals surface area contributed by atoms with E-state index in [-0.39, 0.29) is 0 Å². The zero-order chi connectivity index (χ0) is 24.6. The summed E-state index contributed by atoms with van der Waals surface area (Å²) in [6, 6.07) is 0. The van der Waals surface area contributed by atoms with Crippen LogP contribution < -0.4 is 0 Å². The number of carbonyl (C=O) groups is 6. The first-order valence-corrected chi connectivity index (χ1v) is 8.89. The van der Waals surface area contributed by atoms with Crippen LogP contribution in [0.2, 0.25) is 0 Å². The van der Waals surface area contributed by atoms with Crippen LogP contribution in [-0.4, -0.2) is 75.5 Å². The molecule has 0 aliphatic rings. The van der Waals surface area contributed by atoms with Crippen molar-refractivity contribution in [3.8, 4) is 0 Å². The Balaban J connectivity index is 4.88. The topological polar surface area (TPSA) is 158 Å². The highest BCUT2D eigenvalue weighted by molar-refractivity contribution is 5.84. The van der Waals surface area contributed by atoms with Gasteiger partial charge in [-0.15, -0.1) is 0 Å². The van der Waals surface area contributed by atoms with Gasteiger partial charge in [-0.2, -0.15) is 0 Å². The van der Waals surface area contributed by atoms with Gasteiger partial charge in [-0.3, -0.25) is 0 Å². The fraction of sp³-hybridized carbons (Fsp3) is 0.400. The van der Waals surface area contributed by atoms with Crippen LogP contribution in [0.15, 0.2) is 38.0 Å². The Labute approximate surface area is 183 Å². The molecule has 0 aliphatic heterocycles. The van der Waals surface area contributed by atoms with E-state index in [1.54, 1.807) is 0 Å². The molecule has 0 aliphatic carbocycles. The Kier molecular flexibility index (Phi) is 13.1. The summed E-state index contributed by atoms with van der Waals surface area (Å²) in [6.07, 6.45) is 2.57. The Bertz CT molecular complexity index is 654. The Morgan fingerprint density at radius 1 is 0.562 bits per heavy atom. The van der Waals surface area contributed by atoms with Gasteiger partial charge in [0.05, 0.1) is 5.41 Å². The molecule has 0 unspecified atom stereocenters. The third kappa shape index (κ3) is 13.3. The first-order valence-electron chi connectivity index (χ1n) is 8.89. The predicted octanol–water partition coefficient (Wildman–Crippen LogP) is -0.190. The summed E-state index contributed by atoms with van der Waals surface area (Å²) >= 11 is 0. The maximum absolute atomic E-state index is 11.7. The quantitative estimate of drug-likeness (QED) is 0.182. The lowest BCUT2D eigenvalue weighted by atomic mass is 9.94. The Morgan fingerprint density at radius 3 is 1.03 bits per heavy atom. The first kappa shape index (κ1) is 28.0. The van der Waals surface area contributed by atoms with E-state index in [4.69, 9.17) is 14.2 Å². The minimum absolute atomic E-state index is 0.420. The third-order valence-corrected chi connectivity index (χ3v) is 3.24. The number of hydrogen-bond donors (Lipinski definition) is 0. The number of carbonyl (C=O) groups excluding carboxylic acids is 6. The minimum atomic E-state index is -1.26. The van der Waals surface area contributed by atoms with E-state index in [2.05, 4.69) is 33.9 Å². The summed E-state index contributed by atoms with van der Waals surface area (Å²) in [4.78, 5) is 68.1. The fourth-order valence-corrected chi connectivity index (χ4v) is 1.58. The molecule has 0 amide bonds. The summed E-state index contributed by atoms with van der Waals surface area (Å²) in [5, 5.41) is 0. The fourth-order valence-electron chi connectivity index (χ4n) is 1.58. The molecule has 0 spiro atoms. The monoisotopic (exact) mass is 456 g/mol. The maximum atomic E-state index is 11.7. The number of esters is 6. The Hall–Kier alpha value is -3.96. The van der Waals surface area contributed by atoms with E-state index < -0.39 is 80.9 Å². The van der Waals surface area contributed by atoms with Gasteiger partial charge in [0.2, 0.25) is 0 Å². The smallest absolute Gasteiger partial charge is 0.344 e. The van der Waals surface area contributed by atoms with Gasteiger partial charge in [0.15, 0.2) is 19.8 Å². The van der Waals surface area contributed by atoms with Crippen molar-refractivity contribution in [3.05, 3.63) is 38.0 Å². The highest BCUT2D eigenvalue weighted by atomic mass is 16.6. The molecule has 0 atom stereocenters. The SMILES string of the molecule is C=CC(=O)OCC(=O)OCC(C)(COC(=O)COC(=O)C=C)COC(=O)COC(=O)C=C. The van der Waals surface area contributed by atoms with Crippen LogP contribution in [-0.2, 0) is 57.2 Å².